The Balaban J connectivity index is 2.19. The maximum Gasteiger partial charge on any atom is 0.371 e. The lowest BCUT2D eigenvalue weighted by Gasteiger charge is -2.10. The second-order valence-electron chi connectivity index (χ2n) is 4.51. The second kappa shape index (κ2) is 6.00. The van der Waals surface area contributed by atoms with E-state index in [4.69, 9.17) is 9.52 Å². The number of carbonyl (C=O) groups excluding carboxylic acids is 1. The minimum Gasteiger partial charge on any atom is -0.475 e. The quantitative estimate of drug-likeness (QED) is 0.885. The number of rotatable bonds is 5. The topological polar surface area (TPSA) is 79.5 Å². The lowest BCUT2D eigenvalue weighted by molar-refractivity contribution is -0.118. The molecule has 0 aliphatic rings. The van der Waals surface area contributed by atoms with Crippen LogP contribution in [0.3, 0.4) is 0 Å². The third-order valence-corrected chi connectivity index (χ3v) is 3.69. The van der Waals surface area contributed by atoms with Gasteiger partial charge in [-0.05, 0) is 30.5 Å². The van der Waals surface area contributed by atoms with Crippen molar-refractivity contribution in [3.05, 3.63) is 30.0 Å². The van der Waals surface area contributed by atoms with Gasteiger partial charge in [-0.15, -0.1) is 0 Å². The van der Waals surface area contributed by atoms with Crippen molar-refractivity contribution in [2.24, 2.45) is 5.92 Å². The maximum atomic E-state index is 11.9. The van der Waals surface area contributed by atoms with Crippen LogP contribution in [0, 0.1) is 5.92 Å². The molecule has 0 spiro atoms. The predicted octanol–water partition coefficient (Wildman–Crippen LogP) is 3.07. The molecule has 5 nitrogen and oxygen atoms in total. The molecule has 2 N–H and O–H groups in total. The molecule has 20 heavy (non-hydrogen) atoms. The van der Waals surface area contributed by atoms with Gasteiger partial charge in [0.05, 0.1) is 0 Å². The third kappa shape index (κ3) is 3.14. The molecule has 0 fully saturated rings. The van der Waals surface area contributed by atoms with Crippen molar-refractivity contribution >= 4 is 40.3 Å². The fraction of sp³-hybridized carbons (Fsp3) is 0.286. The van der Waals surface area contributed by atoms with Gasteiger partial charge in [0.15, 0.2) is 0 Å². The summed E-state index contributed by atoms with van der Waals surface area (Å²) in [5.74, 6) is -0.608. The van der Waals surface area contributed by atoms with Crippen LogP contribution < -0.4 is 5.32 Å². The Morgan fingerprint density at radius 3 is 2.80 bits per heavy atom. The van der Waals surface area contributed by atoms with Crippen LogP contribution >= 0.6 is 11.8 Å². The summed E-state index contributed by atoms with van der Waals surface area (Å²) >= 11 is 1.62. The Kier molecular flexibility index (Phi) is 4.34. The van der Waals surface area contributed by atoms with E-state index >= 15 is 0 Å². The molecule has 0 saturated carbocycles. The summed E-state index contributed by atoms with van der Waals surface area (Å²) in [5, 5.41) is 12.3. The Morgan fingerprint density at radius 2 is 2.15 bits per heavy atom. The van der Waals surface area contributed by atoms with E-state index in [0.717, 1.165) is 5.75 Å². The van der Waals surface area contributed by atoms with E-state index in [2.05, 4.69) is 5.32 Å². The minimum atomic E-state index is -1.11. The van der Waals surface area contributed by atoms with Gasteiger partial charge in [0.1, 0.15) is 5.58 Å². The summed E-state index contributed by atoms with van der Waals surface area (Å²) in [5.41, 5.74) is 1.12. The van der Waals surface area contributed by atoms with E-state index in [1.165, 1.54) is 6.07 Å². The number of fused-ring (bicyclic) bond motifs is 1. The molecule has 1 heterocycles. The van der Waals surface area contributed by atoms with Gasteiger partial charge >= 0.3 is 5.97 Å². The van der Waals surface area contributed by atoms with Gasteiger partial charge in [-0.3, -0.25) is 4.79 Å². The van der Waals surface area contributed by atoms with Crippen molar-refractivity contribution in [1.82, 2.24) is 0 Å². The Morgan fingerprint density at radius 1 is 1.40 bits per heavy atom. The number of hydrogen-bond donors (Lipinski definition) is 2. The van der Waals surface area contributed by atoms with Gasteiger partial charge < -0.3 is 14.8 Å². The van der Waals surface area contributed by atoms with E-state index in [0.29, 0.717) is 16.7 Å². The van der Waals surface area contributed by atoms with Crippen LogP contribution in [0.5, 0.6) is 0 Å². The molecule has 2 rings (SSSR count). The molecule has 1 aromatic heterocycles. The van der Waals surface area contributed by atoms with Crippen LogP contribution in [-0.2, 0) is 4.79 Å². The molecule has 2 aromatic rings. The van der Waals surface area contributed by atoms with Gasteiger partial charge in [0.25, 0.3) is 0 Å². The summed E-state index contributed by atoms with van der Waals surface area (Å²) in [4.78, 5) is 22.7. The molecule has 1 amide bonds. The lowest BCUT2D eigenvalue weighted by Crippen LogP contribution is -2.21. The van der Waals surface area contributed by atoms with Crippen LogP contribution in [0.2, 0.25) is 0 Å². The normalized spacial score (nSPS) is 12.3. The molecule has 0 saturated heterocycles. The van der Waals surface area contributed by atoms with Crippen LogP contribution in [0.4, 0.5) is 5.69 Å². The molecule has 0 radical (unpaired) electrons. The van der Waals surface area contributed by atoms with Crippen LogP contribution in [0.15, 0.2) is 28.7 Å². The number of thioether (sulfide) groups is 1. The molecule has 1 unspecified atom stereocenters. The molecular formula is C14H15NO4S. The lowest BCUT2D eigenvalue weighted by atomic mass is 10.2. The van der Waals surface area contributed by atoms with Gasteiger partial charge in [0.2, 0.25) is 11.7 Å². The average Bonchev–Trinajstić information content (AvgIpc) is 2.82. The number of carboxylic acids is 1. The number of benzene rings is 1. The monoisotopic (exact) mass is 293 g/mol. The van der Waals surface area contributed by atoms with E-state index in [-0.39, 0.29) is 17.6 Å². The zero-order chi connectivity index (χ0) is 14.7. The molecule has 106 valence electrons. The minimum absolute atomic E-state index is 0.0550. The number of furan rings is 1. The van der Waals surface area contributed by atoms with Crippen molar-refractivity contribution in [2.75, 3.05) is 17.3 Å². The Labute approximate surface area is 120 Å². The first kappa shape index (κ1) is 14.5. The van der Waals surface area contributed by atoms with Crippen molar-refractivity contribution in [3.63, 3.8) is 0 Å². The molecule has 6 heteroatoms. The predicted molar refractivity (Wildman–Crippen MR) is 79.3 cm³/mol. The number of carboxylic acid groups (broad SMARTS) is 1. The van der Waals surface area contributed by atoms with Gasteiger partial charge in [-0.25, -0.2) is 4.79 Å². The van der Waals surface area contributed by atoms with Crippen molar-refractivity contribution in [2.45, 2.75) is 6.92 Å². The first-order valence-electron chi connectivity index (χ1n) is 6.08. The largest absolute Gasteiger partial charge is 0.475 e. The van der Waals surface area contributed by atoms with Gasteiger partial charge in [-0.1, -0.05) is 6.92 Å². The Bertz CT molecular complexity index is 650. The van der Waals surface area contributed by atoms with Gasteiger partial charge in [-0.2, -0.15) is 11.8 Å². The highest BCUT2D eigenvalue weighted by atomic mass is 32.2. The first-order chi connectivity index (χ1) is 9.51. The number of aromatic carboxylic acids is 1. The zero-order valence-corrected chi connectivity index (χ0v) is 12.0. The smallest absolute Gasteiger partial charge is 0.371 e. The summed E-state index contributed by atoms with van der Waals surface area (Å²) < 4.78 is 5.16. The van der Waals surface area contributed by atoms with Crippen molar-refractivity contribution < 1.29 is 19.1 Å². The molecule has 0 aliphatic heterocycles. The molecule has 1 aromatic carbocycles. The van der Waals surface area contributed by atoms with Crippen molar-refractivity contribution in [3.8, 4) is 0 Å². The summed E-state index contributed by atoms with van der Waals surface area (Å²) in [7, 11) is 0. The fourth-order valence-corrected chi connectivity index (χ4v) is 2.47. The van der Waals surface area contributed by atoms with E-state index in [9.17, 15) is 9.59 Å². The average molecular weight is 293 g/mol. The van der Waals surface area contributed by atoms with E-state index in [1.807, 2.05) is 13.2 Å². The standard InChI is InChI=1S/C14H15NO4S/c1-8(7-20-2)13(16)15-10-3-4-11-9(5-10)6-12(19-11)14(17)18/h3-6,8H,7H2,1-2H3,(H,15,16)(H,17,18). The number of anilines is 1. The first-order valence-corrected chi connectivity index (χ1v) is 7.47. The van der Waals surface area contributed by atoms with E-state index in [1.54, 1.807) is 30.0 Å². The number of hydrogen-bond acceptors (Lipinski definition) is 4. The highest BCUT2D eigenvalue weighted by molar-refractivity contribution is 7.98. The van der Waals surface area contributed by atoms with Gasteiger partial charge in [0, 0.05) is 22.7 Å². The second-order valence-corrected chi connectivity index (χ2v) is 5.42. The van der Waals surface area contributed by atoms with Crippen LogP contribution in [0.1, 0.15) is 17.5 Å². The van der Waals surface area contributed by atoms with Crippen LogP contribution in [-0.4, -0.2) is 29.0 Å². The third-order valence-electron chi connectivity index (χ3n) is 2.86. The van der Waals surface area contributed by atoms with E-state index < -0.39 is 5.97 Å². The summed E-state index contributed by atoms with van der Waals surface area (Å²) in [6, 6.07) is 6.49. The fourth-order valence-electron chi connectivity index (χ4n) is 1.82. The highest BCUT2D eigenvalue weighted by Crippen LogP contribution is 2.23. The number of carbonyl (C=O) groups is 2. The molecule has 0 bridgehead atoms. The Hall–Kier alpha value is -1.95. The SMILES string of the molecule is CSCC(C)C(=O)Nc1ccc2oc(C(=O)O)cc2c1. The number of amides is 1. The molecule has 0 aliphatic carbocycles. The molecular weight excluding hydrogens is 278 g/mol. The number of nitrogens with one attached hydrogen (secondary N) is 1. The summed E-state index contributed by atoms with van der Waals surface area (Å²) in [6.45, 7) is 1.87. The summed E-state index contributed by atoms with van der Waals surface area (Å²) in [6.07, 6.45) is 1.95. The maximum absolute atomic E-state index is 11.9. The zero-order valence-electron chi connectivity index (χ0n) is 11.2. The van der Waals surface area contributed by atoms with Crippen molar-refractivity contribution in [1.29, 1.82) is 0 Å². The molecule has 1 atom stereocenters. The van der Waals surface area contributed by atoms with Crippen LogP contribution in [0.25, 0.3) is 11.0 Å². The highest BCUT2D eigenvalue weighted by Gasteiger charge is 2.14.